The van der Waals surface area contributed by atoms with Gasteiger partial charge in [-0.15, -0.1) is 0 Å². The highest BCUT2D eigenvalue weighted by atomic mass is 19.3. The second kappa shape index (κ2) is 6.13. The van der Waals surface area contributed by atoms with Gasteiger partial charge in [-0.2, -0.15) is 5.10 Å². The predicted octanol–water partition coefficient (Wildman–Crippen LogP) is 3.57. The predicted molar refractivity (Wildman–Crippen MR) is 93.1 cm³/mol. The van der Waals surface area contributed by atoms with E-state index in [2.05, 4.69) is 5.10 Å². The van der Waals surface area contributed by atoms with Gasteiger partial charge in [0, 0.05) is 24.8 Å². The Morgan fingerprint density at radius 3 is 2.12 bits per heavy atom. The fourth-order valence-electron chi connectivity index (χ4n) is 2.92. The zero-order valence-electron chi connectivity index (χ0n) is 15.5. The lowest BCUT2D eigenvalue weighted by Gasteiger charge is -2.32. The van der Waals surface area contributed by atoms with Gasteiger partial charge in [-0.05, 0) is 45.4 Å². The molecule has 3 rings (SSSR count). The number of alkyl halides is 2. The number of rotatable bonds is 4. The molecule has 4 nitrogen and oxygen atoms in total. The second-order valence-electron chi connectivity index (χ2n) is 7.75. The third-order valence-corrected chi connectivity index (χ3v) is 5.08. The monoisotopic (exact) mass is 366 g/mol. The summed E-state index contributed by atoms with van der Waals surface area (Å²) in [6, 6.07) is 3.64. The second-order valence-corrected chi connectivity index (χ2v) is 7.75. The lowest BCUT2D eigenvalue weighted by Crippen LogP contribution is -2.41. The van der Waals surface area contributed by atoms with Crippen molar-refractivity contribution < 1.29 is 22.5 Å². The molecule has 0 saturated carbocycles. The van der Waals surface area contributed by atoms with Gasteiger partial charge in [-0.3, -0.25) is 4.68 Å². The summed E-state index contributed by atoms with van der Waals surface area (Å²) >= 11 is 0. The van der Waals surface area contributed by atoms with Gasteiger partial charge in [0.2, 0.25) is 0 Å². The molecule has 2 aromatic rings. The molecule has 1 aliphatic heterocycles. The molecule has 1 saturated heterocycles. The van der Waals surface area contributed by atoms with Crippen molar-refractivity contribution in [1.82, 2.24) is 9.78 Å². The highest BCUT2D eigenvalue weighted by Gasteiger charge is 2.52. The quantitative estimate of drug-likeness (QED) is 0.777. The fraction of sp³-hybridized carbons (Fsp3) is 0.500. The first-order valence-electron chi connectivity index (χ1n) is 8.44. The van der Waals surface area contributed by atoms with Gasteiger partial charge in [0.15, 0.2) is 0 Å². The van der Waals surface area contributed by atoms with Crippen LogP contribution in [0.4, 0.5) is 13.2 Å². The molecule has 26 heavy (non-hydrogen) atoms. The molecule has 2 heterocycles. The lowest BCUT2D eigenvalue weighted by molar-refractivity contribution is -0.0217. The minimum Gasteiger partial charge on any atom is -0.399 e. The van der Waals surface area contributed by atoms with Crippen molar-refractivity contribution >= 4 is 12.6 Å². The Kier molecular flexibility index (Phi) is 4.47. The maximum atomic E-state index is 14.3. The number of benzene rings is 1. The van der Waals surface area contributed by atoms with Crippen LogP contribution in [0.25, 0.3) is 0 Å². The molecule has 1 fully saturated rings. The largest absolute Gasteiger partial charge is 0.498 e. The van der Waals surface area contributed by atoms with Crippen LogP contribution in [0.3, 0.4) is 0 Å². The van der Waals surface area contributed by atoms with E-state index in [0.717, 1.165) is 19.1 Å². The third kappa shape index (κ3) is 3.40. The lowest BCUT2D eigenvalue weighted by atomic mass is 9.82. The Hall–Kier alpha value is -1.80. The van der Waals surface area contributed by atoms with Gasteiger partial charge >= 0.3 is 7.12 Å². The molecule has 1 aromatic carbocycles. The van der Waals surface area contributed by atoms with Crippen molar-refractivity contribution in [2.45, 2.75) is 57.8 Å². The normalized spacial score (nSPS) is 20.4. The Labute approximate surface area is 151 Å². The topological polar surface area (TPSA) is 36.3 Å². The minimum absolute atomic E-state index is 0.266. The summed E-state index contributed by atoms with van der Waals surface area (Å²) < 4.78 is 54.8. The first-order valence-corrected chi connectivity index (χ1v) is 8.44. The summed E-state index contributed by atoms with van der Waals surface area (Å²) in [5, 5.41) is 4.10. The van der Waals surface area contributed by atoms with E-state index >= 15 is 0 Å². The standard InChI is InChI=1S/C18H22BF3N2O2/c1-16(2)17(3,4)26-19(25-16)13-10-23-24(11-13)15(18(5,21)22)12-6-8-14(20)9-7-12/h6-11,15H,1-5H3/t15-/m1/s1. The van der Waals surface area contributed by atoms with Crippen molar-refractivity contribution in [3.8, 4) is 0 Å². The summed E-state index contributed by atoms with van der Waals surface area (Å²) in [6.07, 6.45) is 2.96. The Bertz CT molecular complexity index is 768. The first-order chi connectivity index (χ1) is 11.9. The molecular weight excluding hydrogens is 344 g/mol. The zero-order valence-corrected chi connectivity index (χ0v) is 15.5. The first kappa shape index (κ1) is 19.0. The van der Waals surface area contributed by atoms with Crippen molar-refractivity contribution in [3.05, 3.63) is 48.0 Å². The van der Waals surface area contributed by atoms with Gasteiger partial charge < -0.3 is 9.31 Å². The highest BCUT2D eigenvalue weighted by molar-refractivity contribution is 6.62. The average Bonchev–Trinajstić information content (AvgIpc) is 3.03. The number of aromatic nitrogens is 2. The third-order valence-electron chi connectivity index (χ3n) is 5.08. The van der Waals surface area contributed by atoms with Crippen LogP contribution in [0, 0.1) is 5.82 Å². The van der Waals surface area contributed by atoms with E-state index in [0.29, 0.717) is 5.46 Å². The Morgan fingerprint density at radius 2 is 1.62 bits per heavy atom. The van der Waals surface area contributed by atoms with E-state index in [-0.39, 0.29) is 5.56 Å². The van der Waals surface area contributed by atoms with Crippen molar-refractivity contribution in [2.75, 3.05) is 0 Å². The summed E-state index contributed by atoms with van der Waals surface area (Å²) in [5.74, 6) is -3.58. The van der Waals surface area contributed by atoms with E-state index in [1.807, 2.05) is 27.7 Å². The van der Waals surface area contributed by atoms with Crippen LogP contribution in [0.15, 0.2) is 36.7 Å². The summed E-state index contributed by atoms with van der Waals surface area (Å²) in [7, 11) is -0.687. The molecule has 140 valence electrons. The van der Waals surface area contributed by atoms with E-state index in [1.165, 1.54) is 29.2 Å². The SMILES string of the molecule is CC(F)(F)[C@@H](c1ccc(F)cc1)n1cc(B2OC(C)(C)C(C)(C)O2)cn1. The van der Waals surface area contributed by atoms with Crippen LogP contribution < -0.4 is 5.46 Å². The summed E-state index contributed by atoms with van der Waals surface area (Å²) in [5.41, 5.74) is -0.252. The number of halogens is 3. The van der Waals surface area contributed by atoms with Crippen LogP contribution in [0.5, 0.6) is 0 Å². The molecule has 1 atom stereocenters. The molecule has 8 heteroatoms. The van der Waals surface area contributed by atoms with Gasteiger partial charge in [0.1, 0.15) is 11.9 Å². The van der Waals surface area contributed by atoms with E-state index in [9.17, 15) is 13.2 Å². The van der Waals surface area contributed by atoms with Gasteiger partial charge in [0.25, 0.3) is 5.92 Å². The maximum Gasteiger partial charge on any atom is 0.498 e. The number of nitrogens with zero attached hydrogens (tertiary/aromatic N) is 2. The van der Waals surface area contributed by atoms with Crippen LogP contribution in [0.1, 0.15) is 46.2 Å². The minimum atomic E-state index is -3.10. The maximum absolute atomic E-state index is 14.3. The molecule has 0 spiro atoms. The van der Waals surface area contributed by atoms with Crippen LogP contribution in [-0.4, -0.2) is 34.0 Å². The van der Waals surface area contributed by atoms with Gasteiger partial charge in [-0.1, -0.05) is 12.1 Å². The molecule has 0 N–H and O–H groups in total. The van der Waals surface area contributed by atoms with E-state index in [1.54, 1.807) is 0 Å². The van der Waals surface area contributed by atoms with Gasteiger partial charge in [0.05, 0.1) is 11.2 Å². The van der Waals surface area contributed by atoms with E-state index in [4.69, 9.17) is 9.31 Å². The molecule has 0 bridgehead atoms. The smallest absolute Gasteiger partial charge is 0.399 e. The summed E-state index contributed by atoms with van der Waals surface area (Å²) in [6.45, 7) is 8.48. The highest BCUT2D eigenvalue weighted by Crippen LogP contribution is 2.37. The molecular formula is C18H22BF3N2O2. The molecule has 0 aliphatic carbocycles. The summed E-state index contributed by atoms with van der Waals surface area (Å²) in [4.78, 5) is 0. The Morgan fingerprint density at radius 1 is 1.08 bits per heavy atom. The number of hydrogen-bond acceptors (Lipinski definition) is 3. The fourth-order valence-corrected chi connectivity index (χ4v) is 2.92. The van der Waals surface area contributed by atoms with Crippen molar-refractivity contribution in [3.63, 3.8) is 0 Å². The van der Waals surface area contributed by atoms with Crippen molar-refractivity contribution in [2.24, 2.45) is 0 Å². The molecule has 0 unspecified atom stereocenters. The molecule has 1 aliphatic rings. The van der Waals surface area contributed by atoms with Crippen LogP contribution in [0.2, 0.25) is 0 Å². The molecule has 1 aromatic heterocycles. The Balaban J connectivity index is 1.93. The van der Waals surface area contributed by atoms with Crippen LogP contribution in [-0.2, 0) is 9.31 Å². The average molecular weight is 366 g/mol. The van der Waals surface area contributed by atoms with Gasteiger partial charge in [-0.25, -0.2) is 13.2 Å². The molecule has 0 radical (unpaired) electrons. The molecule has 0 amide bonds. The van der Waals surface area contributed by atoms with Crippen molar-refractivity contribution in [1.29, 1.82) is 0 Å². The van der Waals surface area contributed by atoms with E-state index < -0.39 is 36.1 Å². The number of hydrogen-bond donors (Lipinski definition) is 0. The zero-order chi connectivity index (χ0) is 19.3. The van der Waals surface area contributed by atoms with Crippen LogP contribution >= 0.6 is 0 Å².